The van der Waals surface area contributed by atoms with Crippen LogP contribution in [0, 0.1) is 5.82 Å². The van der Waals surface area contributed by atoms with Crippen LogP contribution in [0.3, 0.4) is 0 Å². The highest BCUT2D eigenvalue weighted by molar-refractivity contribution is 5.69. The molecule has 0 heterocycles. The molecule has 1 aromatic rings. The zero-order chi connectivity index (χ0) is 10.1. The van der Waals surface area contributed by atoms with Gasteiger partial charge in [0.1, 0.15) is 0 Å². The molecule has 2 rings (SSSR count). The largest absolute Gasteiger partial charge is 0.494 e. The minimum atomic E-state index is -0.425. The lowest BCUT2D eigenvalue weighted by atomic mass is 10.2. The topological polar surface area (TPSA) is 47.3 Å². The molecule has 3 N–H and O–H groups in total. The summed E-state index contributed by atoms with van der Waals surface area (Å²) < 4.78 is 18.0. The first kappa shape index (κ1) is 9.12. The maximum absolute atomic E-state index is 13.2. The second-order valence-corrected chi connectivity index (χ2v) is 3.49. The minimum Gasteiger partial charge on any atom is -0.494 e. The van der Waals surface area contributed by atoms with Gasteiger partial charge < -0.3 is 15.8 Å². The van der Waals surface area contributed by atoms with E-state index in [1.807, 2.05) is 0 Å². The summed E-state index contributed by atoms with van der Waals surface area (Å²) in [7, 11) is 1.44. The normalized spacial score (nSPS) is 15.3. The molecule has 0 saturated heterocycles. The summed E-state index contributed by atoms with van der Waals surface area (Å²) in [5.41, 5.74) is 6.84. The lowest BCUT2D eigenvalue weighted by molar-refractivity contribution is 0.387. The molecule has 0 unspecified atom stereocenters. The minimum absolute atomic E-state index is 0.224. The average Bonchev–Trinajstić information content (AvgIpc) is 2.93. The summed E-state index contributed by atoms with van der Waals surface area (Å²) in [5.74, 6) is -0.200. The van der Waals surface area contributed by atoms with Gasteiger partial charge in [-0.25, -0.2) is 4.39 Å². The van der Waals surface area contributed by atoms with E-state index in [0.29, 0.717) is 11.7 Å². The lowest BCUT2D eigenvalue weighted by Gasteiger charge is -2.10. The lowest BCUT2D eigenvalue weighted by Crippen LogP contribution is -2.05. The highest BCUT2D eigenvalue weighted by atomic mass is 19.1. The smallest absolute Gasteiger partial charge is 0.167 e. The van der Waals surface area contributed by atoms with E-state index in [-0.39, 0.29) is 5.75 Å². The second kappa shape index (κ2) is 3.36. The molecule has 1 fully saturated rings. The molecule has 1 aromatic carbocycles. The van der Waals surface area contributed by atoms with Crippen LogP contribution in [0.25, 0.3) is 0 Å². The Kier molecular flexibility index (Phi) is 2.19. The van der Waals surface area contributed by atoms with E-state index in [4.69, 9.17) is 10.5 Å². The van der Waals surface area contributed by atoms with E-state index in [1.54, 1.807) is 6.07 Å². The fourth-order valence-electron chi connectivity index (χ4n) is 1.30. The van der Waals surface area contributed by atoms with Crippen LogP contribution >= 0.6 is 0 Å². The number of anilines is 2. The SMILES string of the molecule is COc1cc(NC2CC2)c(N)cc1F. The van der Waals surface area contributed by atoms with Crippen LogP contribution in [0.2, 0.25) is 0 Å². The summed E-state index contributed by atoms with van der Waals surface area (Å²) in [6.45, 7) is 0. The molecule has 0 spiro atoms. The molecule has 1 saturated carbocycles. The molecule has 76 valence electrons. The average molecular weight is 196 g/mol. The first-order valence-electron chi connectivity index (χ1n) is 4.60. The van der Waals surface area contributed by atoms with Crippen molar-refractivity contribution in [2.24, 2.45) is 0 Å². The standard InChI is InChI=1S/C10H13FN2O/c1-14-10-5-9(13-6-2-3-6)8(12)4-7(10)11/h4-6,13H,2-3,12H2,1H3. The summed E-state index contributed by atoms with van der Waals surface area (Å²) >= 11 is 0. The van der Waals surface area contributed by atoms with Crippen molar-refractivity contribution in [3.63, 3.8) is 0 Å². The predicted octanol–water partition coefficient (Wildman–Crippen LogP) is 1.99. The second-order valence-electron chi connectivity index (χ2n) is 3.49. The Balaban J connectivity index is 2.27. The molecule has 0 radical (unpaired) electrons. The molecule has 4 heteroatoms. The molecule has 1 aliphatic carbocycles. The van der Waals surface area contributed by atoms with Crippen molar-refractivity contribution in [1.29, 1.82) is 0 Å². The summed E-state index contributed by atoms with van der Waals surface area (Å²) in [5, 5.41) is 3.21. The number of hydrogen-bond acceptors (Lipinski definition) is 3. The van der Waals surface area contributed by atoms with Gasteiger partial charge in [-0.2, -0.15) is 0 Å². The first-order valence-corrected chi connectivity index (χ1v) is 4.60. The number of hydrogen-bond donors (Lipinski definition) is 2. The van der Waals surface area contributed by atoms with Gasteiger partial charge in [0.05, 0.1) is 18.5 Å². The van der Waals surface area contributed by atoms with E-state index >= 15 is 0 Å². The quantitative estimate of drug-likeness (QED) is 0.727. The molecule has 14 heavy (non-hydrogen) atoms. The zero-order valence-electron chi connectivity index (χ0n) is 8.01. The number of halogens is 1. The van der Waals surface area contributed by atoms with E-state index < -0.39 is 5.82 Å². The molecule has 0 aliphatic heterocycles. The van der Waals surface area contributed by atoms with Gasteiger partial charge in [-0.05, 0) is 12.8 Å². The third-order valence-electron chi connectivity index (χ3n) is 2.26. The molecule has 0 bridgehead atoms. The van der Waals surface area contributed by atoms with E-state index in [9.17, 15) is 4.39 Å². The third kappa shape index (κ3) is 1.73. The molecule has 0 aromatic heterocycles. The van der Waals surface area contributed by atoms with Crippen LogP contribution in [0.5, 0.6) is 5.75 Å². The Morgan fingerprint density at radius 2 is 2.21 bits per heavy atom. The Hall–Kier alpha value is -1.45. The number of benzene rings is 1. The van der Waals surface area contributed by atoms with Gasteiger partial charge >= 0.3 is 0 Å². The number of ether oxygens (including phenoxy) is 1. The molecule has 0 amide bonds. The van der Waals surface area contributed by atoms with Crippen LogP contribution in [0.15, 0.2) is 12.1 Å². The Morgan fingerprint density at radius 1 is 1.50 bits per heavy atom. The third-order valence-corrected chi connectivity index (χ3v) is 2.26. The van der Waals surface area contributed by atoms with E-state index in [1.165, 1.54) is 13.2 Å². The van der Waals surface area contributed by atoms with E-state index in [2.05, 4.69) is 5.32 Å². The van der Waals surface area contributed by atoms with Crippen LogP contribution < -0.4 is 15.8 Å². The van der Waals surface area contributed by atoms with Crippen LogP contribution in [-0.2, 0) is 0 Å². The molecular weight excluding hydrogens is 183 g/mol. The molecular formula is C10H13FN2O. The van der Waals surface area contributed by atoms with Crippen molar-refractivity contribution < 1.29 is 9.13 Å². The van der Waals surface area contributed by atoms with Crippen molar-refractivity contribution in [1.82, 2.24) is 0 Å². The Morgan fingerprint density at radius 3 is 2.79 bits per heavy atom. The number of nitrogens with two attached hydrogens (primary N) is 1. The fraction of sp³-hybridized carbons (Fsp3) is 0.400. The van der Waals surface area contributed by atoms with E-state index in [0.717, 1.165) is 18.5 Å². The van der Waals surface area contributed by atoms with Crippen molar-refractivity contribution >= 4 is 11.4 Å². The van der Waals surface area contributed by atoms with Crippen molar-refractivity contribution in [2.75, 3.05) is 18.2 Å². The number of methoxy groups -OCH3 is 1. The molecule has 3 nitrogen and oxygen atoms in total. The predicted molar refractivity (Wildman–Crippen MR) is 54.0 cm³/mol. The number of rotatable bonds is 3. The molecule has 0 atom stereocenters. The van der Waals surface area contributed by atoms with Gasteiger partial charge in [0.25, 0.3) is 0 Å². The van der Waals surface area contributed by atoms with Gasteiger partial charge in [-0.15, -0.1) is 0 Å². The highest BCUT2D eigenvalue weighted by Gasteiger charge is 2.22. The van der Waals surface area contributed by atoms with Gasteiger partial charge in [0, 0.05) is 18.2 Å². The summed E-state index contributed by atoms with van der Waals surface area (Å²) in [6, 6.07) is 3.37. The Labute approximate surface area is 82.1 Å². The monoisotopic (exact) mass is 196 g/mol. The molecule has 1 aliphatic rings. The summed E-state index contributed by atoms with van der Waals surface area (Å²) in [6.07, 6.45) is 2.30. The van der Waals surface area contributed by atoms with Gasteiger partial charge in [0.2, 0.25) is 0 Å². The Bertz CT molecular complexity index is 350. The van der Waals surface area contributed by atoms with Crippen molar-refractivity contribution in [2.45, 2.75) is 18.9 Å². The van der Waals surface area contributed by atoms with Crippen LogP contribution in [-0.4, -0.2) is 13.2 Å². The summed E-state index contributed by atoms with van der Waals surface area (Å²) in [4.78, 5) is 0. The fourth-order valence-corrected chi connectivity index (χ4v) is 1.30. The van der Waals surface area contributed by atoms with Gasteiger partial charge in [-0.1, -0.05) is 0 Å². The maximum Gasteiger partial charge on any atom is 0.167 e. The van der Waals surface area contributed by atoms with Crippen LogP contribution in [0.1, 0.15) is 12.8 Å². The number of nitrogen functional groups attached to an aromatic ring is 1. The van der Waals surface area contributed by atoms with Gasteiger partial charge in [0.15, 0.2) is 11.6 Å². The van der Waals surface area contributed by atoms with Crippen molar-refractivity contribution in [3.05, 3.63) is 17.9 Å². The zero-order valence-corrected chi connectivity index (χ0v) is 8.01. The number of nitrogens with one attached hydrogen (secondary N) is 1. The van der Waals surface area contributed by atoms with Crippen LogP contribution in [0.4, 0.5) is 15.8 Å². The van der Waals surface area contributed by atoms with Gasteiger partial charge in [-0.3, -0.25) is 0 Å². The van der Waals surface area contributed by atoms with Crippen molar-refractivity contribution in [3.8, 4) is 5.75 Å². The highest BCUT2D eigenvalue weighted by Crippen LogP contribution is 2.32. The first-order chi connectivity index (χ1) is 6.70. The maximum atomic E-state index is 13.2.